The molecule has 4 aliphatic rings. The van der Waals surface area contributed by atoms with E-state index in [2.05, 4.69) is 27.9 Å². The highest BCUT2D eigenvalue weighted by atomic mass is 19.1. The number of rotatable bonds is 6. The van der Waals surface area contributed by atoms with E-state index in [1.54, 1.807) is 0 Å². The molecule has 196 valence electrons. The van der Waals surface area contributed by atoms with Crippen molar-refractivity contribution in [2.75, 3.05) is 39.8 Å². The number of piperidine rings is 2. The number of nitrogens with zero attached hydrogens (tertiary/aromatic N) is 1. The Balaban J connectivity index is 1.42. The molecule has 0 aromatic carbocycles. The Bertz CT molecular complexity index is 653. The zero-order valence-corrected chi connectivity index (χ0v) is 20.9. The number of nitrogens with two attached hydrogens (primary N) is 2. The van der Waals surface area contributed by atoms with Gasteiger partial charge in [-0.15, -0.1) is 0 Å². The van der Waals surface area contributed by atoms with Crippen molar-refractivity contribution in [1.82, 2.24) is 20.9 Å². The van der Waals surface area contributed by atoms with Gasteiger partial charge in [0.25, 0.3) is 0 Å². The summed E-state index contributed by atoms with van der Waals surface area (Å²) < 4.78 is 21.0. The van der Waals surface area contributed by atoms with Crippen LogP contribution in [0.25, 0.3) is 0 Å². The van der Waals surface area contributed by atoms with Crippen molar-refractivity contribution in [3.63, 3.8) is 0 Å². The van der Waals surface area contributed by atoms with Crippen LogP contribution in [0.1, 0.15) is 64.2 Å². The maximum Gasteiger partial charge on any atom is 0.227 e. The Kier molecular flexibility index (Phi) is 9.20. The van der Waals surface area contributed by atoms with E-state index in [-0.39, 0.29) is 42.2 Å². The number of alkyl halides is 1. The lowest BCUT2D eigenvalue weighted by atomic mass is 9.72. The normalized spacial score (nSPS) is 34.6. The van der Waals surface area contributed by atoms with Crippen molar-refractivity contribution >= 4 is 5.91 Å². The first-order valence-electron chi connectivity index (χ1n) is 13.6. The summed E-state index contributed by atoms with van der Waals surface area (Å²) in [5, 5.41) is 9.99. The van der Waals surface area contributed by atoms with Gasteiger partial charge < -0.3 is 37.1 Å². The molecule has 34 heavy (non-hydrogen) atoms. The molecule has 4 fully saturated rings. The lowest BCUT2D eigenvalue weighted by molar-refractivity contribution is -0.131. The molecule has 5 unspecified atom stereocenters. The number of ether oxygens (including phenoxy) is 1. The molecule has 7 N–H and O–H groups in total. The summed E-state index contributed by atoms with van der Waals surface area (Å²) in [6, 6.07) is -0.341. The Hall–Kier alpha value is -0.840. The van der Waals surface area contributed by atoms with Gasteiger partial charge in [0.1, 0.15) is 6.17 Å². The van der Waals surface area contributed by atoms with Crippen LogP contribution in [0.4, 0.5) is 4.39 Å². The highest BCUT2D eigenvalue weighted by Crippen LogP contribution is 2.47. The molecule has 0 bridgehead atoms. The minimum absolute atomic E-state index is 0.0186. The first-order valence-corrected chi connectivity index (χ1v) is 13.6. The zero-order valence-electron chi connectivity index (χ0n) is 20.9. The molecule has 1 amide bonds. The predicted octanol–water partition coefficient (Wildman–Crippen LogP) is 0.844. The number of hydrogen-bond acceptors (Lipinski definition) is 7. The van der Waals surface area contributed by atoms with Gasteiger partial charge in [-0.1, -0.05) is 12.8 Å². The summed E-state index contributed by atoms with van der Waals surface area (Å²) in [6.45, 7) is 3.89. The van der Waals surface area contributed by atoms with Gasteiger partial charge in [-0.3, -0.25) is 4.79 Å². The maximum atomic E-state index is 14.5. The predicted molar refractivity (Wildman–Crippen MR) is 132 cm³/mol. The second kappa shape index (κ2) is 11.9. The molecule has 1 spiro atoms. The van der Waals surface area contributed by atoms with Crippen LogP contribution < -0.4 is 27.4 Å². The molecular formula is C25H47FN6O2. The molecule has 0 aromatic rings. The molecule has 9 heteroatoms. The smallest absolute Gasteiger partial charge is 0.227 e. The summed E-state index contributed by atoms with van der Waals surface area (Å²) in [6.07, 6.45) is 8.31. The highest BCUT2D eigenvalue weighted by Gasteiger charge is 2.43. The van der Waals surface area contributed by atoms with Gasteiger partial charge in [-0.25, -0.2) is 4.39 Å². The molecule has 3 heterocycles. The number of halogens is 1. The zero-order chi connectivity index (χ0) is 24.1. The molecule has 3 saturated heterocycles. The molecule has 3 aliphatic heterocycles. The summed E-state index contributed by atoms with van der Waals surface area (Å²) in [5.74, 6) is -0.740. The lowest BCUT2D eigenvalue weighted by Gasteiger charge is -2.41. The molecule has 5 atom stereocenters. The lowest BCUT2D eigenvalue weighted by Crippen LogP contribution is -2.62. The van der Waals surface area contributed by atoms with E-state index in [1.807, 2.05) is 0 Å². The number of nitrogens with one attached hydrogen (secondary N) is 3. The minimum atomic E-state index is -0.896. The van der Waals surface area contributed by atoms with E-state index in [1.165, 1.54) is 12.8 Å². The van der Waals surface area contributed by atoms with E-state index in [4.69, 9.17) is 16.2 Å². The minimum Gasteiger partial charge on any atom is -0.373 e. The number of likely N-dealkylation sites (tertiary alicyclic amines) is 1. The molecular weight excluding hydrogens is 435 g/mol. The van der Waals surface area contributed by atoms with Crippen LogP contribution in [-0.4, -0.2) is 87.2 Å². The van der Waals surface area contributed by atoms with Gasteiger partial charge in [0, 0.05) is 32.2 Å². The Morgan fingerprint density at radius 2 is 1.85 bits per heavy atom. The monoisotopic (exact) mass is 482 g/mol. The quantitative estimate of drug-likeness (QED) is 0.356. The summed E-state index contributed by atoms with van der Waals surface area (Å²) in [4.78, 5) is 16.0. The van der Waals surface area contributed by atoms with Gasteiger partial charge in [0.15, 0.2) is 0 Å². The Morgan fingerprint density at radius 3 is 2.56 bits per heavy atom. The van der Waals surface area contributed by atoms with Crippen molar-refractivity contribution in [3.05, 3.63) is 0 Å². The van der Waals surface area contributed by atoms with Crippen LogP contribution in [0, 0.1) is 11.3 Å². The van der Waals surface area contributed by atoms with Gasteiger partial charge in [0.05, 0.1) is 30.3 Å². The number of carbonyl (C=O) groups is 1. The average molecular weight is 483 g/mol. The number of amides is 1. The van der Waals surface area contributed by atoms with Crippen LogP contribution in [0.15, 0.2) is 0 Å². The fourth-order valence-corrected chi connectivity index (χ4v) is 6.73. The Morgan fingerprint density at radius 1 is 1.12 bits per heavy atom. The van der Waals surface area contributed by atoms with Gasteiger partial charge >= 0.3 is 0 Å². The van der Waals surface area contributed by atoms with Crippen molar-refractivity contribution in [2.24, 2.45) is 22.8 Å². The van der Waals surface area contributed by atoms with Crippen molar-refractivity contribution in [1.29, 1.82) is 0 Å². The third kappa shape index (κ3) is 6.68. The molecule has 4 rings (SSSR count). The standard InChI is InChI=1S/C25H47FN6O2/c1-32-12-6-18(7-13-32)34-21-5-11-29-16-20(21)31-24(33)22(23(27)28)19-14-25(8-2-3-9-25)10-4-17(26)15-30-19/h17-23,29-30H,2-16,27-28H2,1H3,(H,31,33). The SMILES string of the molecule is CN1CCC(OC2CCNCC2NC(=O)C(C(N)N)C2CC3(CCCC3)CCC(F)CN2)CC1. The first-order chi connectivity index (χ1) is 16.3. The van der Waals surface area contributed by atoms with Crippen LogP contribution in [0.5, 0.6) is 0 Å². The van der Waals surface area contributed by atoms with E-state index in [0.29, 0.717) is 13.0 Å². The summed E-state index contributed by atoms with van der Waals surface area (Å²) >= 11 is 0. The average Bonchev–Trinajstić information content (AvgIpc) is 3.27. The third-order valence-corrected chi connectivity index (χ3v) is 8.84. The van der Waals surface area contributed by atoms with Crippen LogP contribution in [0.3, 0.4) is 0 Å². The second-order valence-electron chi connectivity index (χ2n) is 11.5. The van der Waals surface area contributed by atoms with Crippen molar-refractivity contribution in [3.8, 4) is 0 Å². The first kappa shape index (κ1) is 26.2. The van der Waals surface area contributed by atoms with Crippen LogP contribution in [0.2, 0.25) is 0 Å². The summed E-state index contributed by atoms with van der Waals surface area (Å²) in [5.41, 5.74) is 12.5. The fourth-order valence-electron chi connectivity index (χ4n) is 6.73. The molecule has 0 radical (unpaired) electrons. The fraction of sp³-hybridized carbons (Fsp3) is 0.960. The van der Waals surface area contributed by atoms with Crippen molar-refractivity contribution in [2.45, 2.75) is 101 Å². The van der Waals surface area contributed by atoms with Gasteiger partial charge in [0.2, 0.25) is 5.91 Å². The topological polar surface area (TPSA) is 118 Å². The molecule has 1 aliphatic carbocycles. The Labute approximate surface area is 204 Å². The van der Waals surface area contributed by atoms with Crippen LogP contribution in [-0.2, 0) is 9.53 Å². The maximum absolute atomic E-state index is 14.5. The van der Waals surface area contributed by atoms with E-state index in [9.17, 15) is 9.18 Å². The molecule has 1 saturated carbocycles. The highest BCUT2D eigenvalue weighted by molar-refractivity contribution is 5.80. The van der Waals surface area contributed by atoms with Crippen molar-refractivity contribution < 1.29 is 13.9 Å². The van der Waals surface area contributed by atoms with Gasteiger partial charge in [-0.2, -0.15) is 0 Å². The summed E-state index contributed by atoms with van der Waals surface area (Å²) in [7, 11) is 2.14. The van der Waals surface area contributed by atoms with Crippen LogP contribution >= 0.6 is 0 Å². The number of carbonyl (C=O) groups excluding carboxylic acids is 1. The molecule has 8 nitrogen and oxygen atoms in total. The van der Waals surface area contributed by atoms with Gasteiger partial charge in [-0.05, 0) is 70.4 Å². The van der Waals surface area contributed by atoms with E-state index in [0.717, 1.165) is 64.6 Å². The van der Waals surface area contributed by atoms with E-state index >= 15 is 0 Å². The largest absolute Gasteiger partial charge is 0.373 e. The van der Waals surface area contributed by atoms with E-state index < -0.39 is 18.3 Å². The third-order valence-electron chi connectivity index (χ3n) is 8.84. The molecule has 0 aromatic heterocycles. The second-order valence-corrected chi connectivity index (χ2v) is 11.5. The number of hydrogen-bond donors (Lipinski definition) is 5.